The van der Waals surface area contributed by atoms with E-state index in [2.05, 4.69) is 13.8 Å². The predicted octanol–water partition coefficient (Wildman–Crippen LogP) is 2.94. The molecule has 0 aromatic rings. The van der Waals surface area contributed by atoms with Crippen molar-refractivity contribution in [2.45, 2.75) is 134 Å². The zero-order valence-electron chi connectivity index (χ0n) is 18.3. The maximum Gasteiger partial charge on any atom is 1.00 e. The van der Waals surface area contributed by atoms with Crippen LogP contribution in [0.2, 0.25) is 0 Å². The number of rotatable bonds is 19. The Morgan fingerprint density at radius 2 is 1.00 bits per heavy atom. The fraction of sp³-hybridized carbons (Fsp3) is 1.00. The molecular weight excluding hydrogens is 387 g/mol. The van der Waals surface area contributed by atoms with E-state index in [0.29, 0.717) is 12.8 Å². The molecule has 1 N–H and O–H groups in total. The van der Waals surface area contributed by atoms with Crippen molar-refractivity contribution in [3.05, 3.63) is 0 Å². The molecule has 0 saturated heterocycles. The summed E-state index contributed by atoms with van der Waals surface area (Å²) in [6.45, 7) is 4.28. The van der Waals surface area contributed by atoms with Crippen molar-refractivity contribution in [3.63, 3.8) is 0 Å². The molecule has 2 unspecified atom stereocenters. The number of aliphatic hydroxyl groups is 1. The van der Waals surface area contributed by atoms with Crippen LogP contribution in [0.1, 0.15) is 123 Å². The van der Waals surface area contributed by atoms with Crippen molar-refractivity contribution < 1.29 is 69.5 Å². The molecule has 158 valence electrons. The molecule has 0 aliphatic carbocycles. The average Bonchev–Trinajstić information content (AvgIpc) is 2.58. The summed E-state index contributed by atoms with van der Waals surface area (Å²) in [5, 5.41) is 9.28. The molecule has 0 aliphatic heterocycles. The Morgan fingerprint density at radius 1 is 0.667 bits per heavy atom. The van der Waals surface area contributed by atoms with E-state index in [0.717, 1.165) is 70.6 Å². The first kappa shape index (κ1) is 30.7. The Kier molecular flexibility index (Phi) is 23.6. The van der Waals surface area contributed by atoms with E-state index in [4.69, 9.17) is 0 Å². The van der Waals surface area contributed by atoms with Crippen molar-refractivity contribution in [3.8, 4) is 0 Å². The molecule has 27 heavy (non-hydrogen) atoms. The first-order valence-electron chi connectivity index (χ1n) is 11.0. The van der Waals surface area contributed by atoms with Crippen LogP contribution in [0.3, 0.4) is 0 Å². The number of hydrogen-bond donors (Lipinski definition) is 1. The van der Waals surface area contributed by atoms with Crippen molar-refractivity contribution in [1.82, 2.24) is 0 Å². The van der Waals surface area contributed by atoms with Crippen LogP contribution in [-0.2, 0) is 10.1 Å². The maximum atomic E-state index is 11.3. The van der Waals surface area contributed by atoms with Crippen LogP contribution >= 0.6 is 0 Å². The van der Waals surface area contributed by atoms with E-state index in [1.165, 1.54) is 25.7 Å². The van der Waals surface area contributed by atoms with E-state index in [1.807, 2.05) is 0 Å². The third-order valence-corrected chi connectivity index (χ3v) is 6.53. The van der Waals surface area contributed by atoms with Crippen molar-refractivity contribution >= 4 is 10.1 Å². The molecule has 4 nitrogen and oxygen atoms in total. The van der Waals surface area contributed by atoms with E-state index >= 15 is 0 Å². The SMILES string of the molecule is CCCCCCCC(O)CCCCCCCC(CCCCC)S(=O)(=O)[O-].[K+]. The smallest absolute Gasteiger partial charge is 0.748 e. The zero-order valence-corrected chi connectivity index (χ0v) is 22.2. The average molecular weight is 431 g/mol. The first-order chi connectivity index (χ1) is 12.4. The Labute approximate surface area is 211 Å². The van der Waals surface area contributed by atoms with E-state index in [1.54, 1.807) is 0 Å². The van der Waals surface area contributed by atoms with Crippen LogP contribution in [0.25, 0.3) is 0 Å². The number of unbranched alkanes of at least 4 members (excludes halogenated alkanes) is 10. The molecule has 0 aromatic heterocycles. The molecule has 0 spiro atoms. The minimum absolute atomic E-state index is 0. The topological polar surface area (TPSA) is 77.4 Å². The van der Waals surface area contributed by atoms with E-state index in [9.17, 15) is 18.1 Å². The summed E-state index contributed by atoms with van der Waals surface area (Å²) in [7, 11) is -4.15. The first-order valence-corrected chi connectivity index (χ1v) is 12.5. The van der Waals surface area contributed by atoms with Gasteiger partial charge in [0, 0.05) is 5.25 Å². The number of aliphatic hydroxyl groups excluding tert-OH is 1. The molecule has 0 amide bonds. The molecule has 2 atom stereocenters. The summed E-state index contributed by atoms with van der Waals surface area (Å²) in [5.74, 6) is 0. The summed E-state index contributed by atoms with van der Waals surface area (Å²) >= 11 is 0. The van der Waals surface area contributed by atoms with Crippen LogP contribution in [0, 0.1) is 0 Å². The van der Waals surface area contributed by atoms with Crippen molar-refractivity contribution in [2.24, 2.45) is 0 Å². The van der Waals surface area contributed by atoms with Gasteiger partial charge in [0.2, 0.25) is 0 Å². The fourth-order valence-corrected chi connectivity index (χ4v) is 4.38. The maximum absolute atomic E-state index is 11.3. The molecular formula is C21H43KO4S. The molecule has 0 radical (unpaired) electrons. The van der Waals surface area contributed by atoms with Gasteiger partial charge < -0.3 is 9.66 Å². The summed E-state index contributed by atoms with van der Waals surface area (Å²) in [6, 6.07) is 0. The van der Waals surface area contributed by atoms with Crippen molar-refractivity contribution in [2.75, 3.05) is 0 Å². The van der Waals surface area contributed by atoms with Gasteiger partial charge in [0.05, 0.1) is 16.2 Å². The Morgan fingerprint density at radius 3 is 1.44 bits per heavy atom. The molecule has 0 aliphatic rings. The second kappa shape index (κ2) is 20.8. The fourth-order valence-electron chi connectivity index (χ4n) is 3.47. The van der Waals surface area contributed by atoms with Gasteiger partial charge in [-0.05, 0) is 25.7 Å². The van der Waals surface area contributed by atoms with Crippen LogP contribution in [0.4, 0.5) is 0 Å². The minimum Gasteiger partial charge on any atom is -0.748 e. The van der Waals surface area contributed by atoms with Gasteiger partial charge in [-0.15, -0.1) is 0 Å². The van der Waals surface area contributed by atoms with Crippen LogP contribution in [-0.4, -0.2) is 29.4 Å². The minimum atomic E-state index is -4.15. The van der Waals surface area contributed by atoms with Gasteiger partial charge in [-0.3, -0.25) is 0 Å². The molecule has 0 saturated carbocycles. The van der Waals surface area contributed by atoms with Crippen molar-refractivity contribution in [1.29, 1.82) is 0 Å². The van der Waals surface area contributed by atoms with Crippen LogP contribution in [0.15, 0.2) is 0 Å². The second-order valence-electron chi connectivity index (χ2n) is 7.81. The standard InChI is InChI=1S/C21H44O4S.K/c1-3-5-7-9-13-16-20(22)17-14-10-8-11-15-19-21(26(23,24)25)18-12-6-4-2;/h20-22H,3-19H2,1-2H3,(H,23,24,25);/q;+1/p-1. The van der Waals surface area contributed by atoms with Gasteiger partial charge in [0.1, 0.15) is 0 Å². The zero-order chi connectivity index (χ0) is 19.7. The molecule has 0 bridgehead atoms. The summed E-state index contributed by atoms with van der Waals surface area (Å²) < 4.78 is 34.0. The molecule has 0 rings (SSSR count). The Balaban J connectivity index is 0. The quantitative estimate of drug-likeness (QED) is 0.194. The Hall–Kier alpha value is 1.51. The summed E-state index contributed by atoms with van der Waals surface area (Å²) in [5.41, 5.74) is 0. The van der Waals surface area contributed by atoms with Gasteiger partial charge in [-0.2, -0.15) is 0 Å². The summed E-state index contributed by atoms with van der Waals surface area (Å²) in [4.78, 5) is 0. The van der Waals surface area contributed by atoms with Gasteiger partial charge in [0.15, 0.2) is 0 Å². The molecule has 0 aromatic carbocycles. The molecule has 0 heterocycles. The monoisotopic (exact) mass is 430 g/mol. The molecule has 0 fully saturated rings. The van der Waals surface area contributed by atoms with Gasteiger partial charge in [0.25, 0.3) is 0 Å². The summed E-state index contributed by atoms with van der Waals surface area (Å²) in [6.07, 6.45) is 16.7. The van der Waals surface area contributed by atoms with Gasteiger partial charge >= 0.3 is 51.4 Å². The van der Waals surface area contributed by atoms with Gasteiger partial charge in [-0.25, -0.2) is 8.42 Å². The normalized spacial score (nSPS) is 13.9. The second-order valence-corrected chi connectivity index (χ2v) is 9.46. The van der Waals surface area contributed by atoms with Gasteiger partial charge in [-0.1, -0.05) is 97.3 Å². The van der Waals surface area contributed by atoms with Crippen LogP contribution in [0.5, 0.6) is 0 Å². The predicted molar refractivity (Wildman–Crippen MR) is 109 cm³/mol. The van der Waals surface area contributed by atoms with E-state index < -0.39 is 15.4 Å². The third-order valence-electron chi connectivity index (χ3n) is 5.24. The third kappa shape index (κ3) is 20.6. The largest absolute Gasteiger partial charge is 1.00 e. The van der Waals surface area contributed by atoms with Crippen LogP contribution < -0.4 is 51.4 Å². The number of hydrogen-bond acceptors (Lipinski definition) is 4. The van der Waals surface area contributed by atoms with E-state index in [-0.39, 0.29) is 57.5 Å². The Bertz CT molecular complexity index is 401. The molecule has 6 heteroatoms.